The standard InChI is InChI=1S/C19H21N3O3S.K/c23-19(22-26(24,25)12-15-7-1-2-10-20-15)21-18-16-8-3-5-13(16)11-14-6-4-9-17(14)18;/h1-2,7,10-11H,3-6,8-9,12H2,(H2,21,22,23);/q;+1/p-1. The molecule has 8 heteroatoms. The molecule has 0 aliphatic heterocycles. The molecule has 0 saturated carbocycles. The Morgan fingerprint density at radius 1 is 1.07 bits per heavy atom. The summed E-state index contributed by atoms with van der Waals surface area (Å²) in [5.41, 5.74) is 6.02. The summed E-state index contributed by atoms with van der Waals surface area (Å²) in [6.45, 7) is 0. The number of anilines is 1. The molecule has 136 valence electrons. The van der Waals surface area contributed by atoms with Gasteiger partial charge in [0, 0.05) is 6.20 Å². The first-order chi connectivity index (χ1) is 12.5. The van der Waals surface area contributed by atoms with Crippen LogP contribution in [0.15, 0.2) is 30.5 Å². The fourth-order valence-corrected chi connectivity index (χ4v) is 4.83. The third-order valence-electron chi connectivity index (χ3n) is 4.98. The topological polar surface area (TPSA) is 90.2 Å². The molecule has 0 fully saturated rings. The van der Waals surface area contributed by atoms with E-state index in [4.69, 9.17) is 0 Å². The van der Waals surface area contributed by atoms with E-state index in [1.165, 1.54) is 17.3 Å². The van der Waals surface area contributed by atoms with Crippen LogP contribution in [0.25, 0.3) is 4.72 Å². The SMILES string of the molecule is O=C([N-]S(=O)(=O)Cc1ccccn1)Nc1c2c(cc3c1CCC3)CCC2.[K+]. The van der Waals surface area contributed by atoms with Gasteiger partial charge in [0.25, 0.3) is 0 Å². The summed E-state index contributed by atoms with van der Waals surface area (Å²) in [5, 5.41) is 2.78. The van der Waals surface area contributed by atoms with Crippen molar-refractivity contribution in [1.82, 2.24) is 4.98 Å². The Labute approximate surface area is 202 Å². The van der Waals surface area contributed by atoms with Crippen molar-refractivity contribution < 1.29 is 64.6 Å². The number of rotatable bonds is 4. The van der Waals surface area contributed by atoms with Crippen molar-refractivity contribution >= 4 is 21.7 Å². The summed E-state index contributed by atoms with van der Waals surface area (Å²) in [7, 11) is -3.93. The smallest absolute Gasteiger partial charge is 0.423 e. The van der Waals surface area contributed by atoms with Crippen LogP contribution in [0.4, 0.5) is 10.5 Å². The van der Waals surface area contributed by atoms with Gasteiger partial charge in [-0.15, -0.1) is 0 Å². The van der Waals surface area contributed by atoms with E-state index in [2.05, 4.69) is 21.1 Å². The van der Waals surface area contributed by atoms with Crippen molar-refractivity contribution in [2.45, 2.75) is 44.3 Å². The van der Waals surface area contributed by atoms with E-state index in [0.717, 1.165) is 55.3 Å². The van der Waals surface area contributed by atoms with Crippen molar-refractivity contribution in [3.05, 3.63) is 63.1 Å². The molecule has 6 nitrogen and oxygen atoms in total. The van der Waals surface area contributed by atoms with Crippen LogP contribution in [0.5, 0.6) is 0 Å². The largest absolute Gasteiger partial charge is 1.00 e. The number of urea groups is 1. The number of sulfonamides is 1. The zero-order chi connectivity index (χ0) is 18.1. The number of nitrogens with zero attached hydrogens (tertiary/aromatic N) is 2. The molecular weight excluding hydrogens is 389 g/mol. The fourth-order valence-electron chi connectivity index (χ4n) is 3.93. The molecule has 1 aromatic heterocycles. The number of carbonyl (C=O) groups excluding carboxylic acids is 1. The average Bonchev–Trinajstić information content (AvgIpc) is 3.23. The molecule has 2 amide bonds. The van der Waals surface area contributed by atoms with E-state index in [0.29, 0.717) is 5.69 Å². The predicted octanol–water partition coefficient (Wildman–Crippen LogP) is 0.499. The van der Waals surface area contributed by atoms with E-state index in [-0.39, 0.29) is 57.1 Å². The minimum absolute atomic E-state index is 0. The van der Waals surface area contributed by atoms with E-state index >= 15 is 0 Å². The van der Waals surface area contributed by atoms with E-state index in [1.54, 1.807) is 18.2 Å². The van der Waals surface area contributed by atoms with Gasteiger partial charge in [-0.1, -0.05) is 12.1 Å². The average molecular weight is 410 g/mol. The van der Waals surface area contributed by atoms with Crippen LogP contribution < -0.4 is 56.7 Å². The van der Waals surface area contributed by atoms with E-state index in [9.17, 15) is 13.2 Å². The summed E-state index contributed by atoms with van der Waals surface area (Å²) in [5.74, 6) is -0.383. The molecule has 0 saturated heterocycles. The zero-order valence-corrected chi connectivity index (χ0v) is 19.3. The van der Waals surface area contributed by atoms with Gasteiger partial charge in [0.1, 0.15) is 0 Å². The van der Waals surface area contributed by atoms with Gasteiger partial charge in [0.2, 0.25) is 0 Å². The minimum Gasteiger partial charge on any atom is -0.423 e. The van der Waals surface area contributed by atoms with Gasteiger partial charge in [-0.05, 0) is 78.6 Å². The molecule has 0 atom stereocenters. The number of aromatic nitrogens is 1. The molecule has 0 spiro atoms. The molecule has 0 bridgehead atoms. The van der Waals surface area contributed by atoms with Crippen LogP contribution in [0.3, 0.4) is 0 Å². The first-order valence-corrected chi connectivity index (χ1v) is 10.5. The Morgan fingerprint density at radius 3 is 2.33 bits per heavy atom. The molecule has 0 unspecified atom stereocenters. The van der Waals surface area contributed by atoms with Crippen LogP contribution in [0.2, 0.25) is 0 Å². The fraction of sp³-hybridized carbons (Fsp3) is 0.368. The van der Waals surface area contributed by atoms with Crippen LogP contribution in [0, 0.1) is 0 Å². The second kappa shape index (κ2) is 8.71. The predicted molar refractivity (Wildman–Crippen MR) is 99.7 cm³/mol. The van der Waals surface area contributed by atoms with Crippen molar-refractivity contribution in [2.24, 2.45) is 0 Å². The van der Waals surface area contributed by atoms with Crippen LogP contribution in [-0.2, 0) is 41.5 Å². The van der Waals surface area contributed by atoms with Gasteiger partial charge in [0.15, 0.2) is 16.1 Å². The Kier molecular flexibility index (Phi) is 6.76. The number of nitrogens with one attached hydrogen (secondary N) is 1. The van der Waals surface area contributed by atoms with Crippen molar-refractivity contribution in [1.29, 1.82) is 0 Å². The molecule has 2 aromatic rings. The second-order valence-electron chi connectivity index (χ2n) is 6.80. The minimum atomic E-state index is -3.93. The van der Waals surface area contributed by atoms with E-state index < -0.39 is 16.1 Å². The number of hydrogen-bond donors (Lipinski definition) is 1. The number of pyridine rings is 1. The maximum atomic E-state index is 12.3. The van der Waals surface area contributed by atoms with Crippen molar-refractivity contribution in [2.75, 3.05) is 5.32 Å². The van der Waals surface area contributed by atoms with Gasteiger partial charge >= 0.3 is 51.4 Å². The van der Waals surface area contributed by atoms with Gasteiger partial charge < -0.3 is 10.0 Å². The monoisotopic (exact) mass is 409 g/mol. The molecule has 0 radical (unpaired) electrons. The first-order valence-electron chi connectivity index (χ1n) is 8.85. The summed E-state index contributed by atoms with van der Waals surface area (Å²) in [6, 6.07) is 6.44. The molecule has 2 aliphatic rings. The van der Waals surface area contributed by atoms with Gasteiger partial charge in [-0.2, -0.15) is 0 Å². The Morgan fingerprint density at radius 2 is 1.74 bits per heavy atom. The summed E-state index contributed by atoms with van der Waals surface area (Å²) in [4.78, 5) is 16.3. The number of aryl methyl sites for hydroxylation is 2. The Hall–Kier alpha value is -0.774. The van der Waals surface area contributed by atoms with Crippen LogP contribution >= 0.6 is 0 Å². The quantitative estimate of drug-likeness (QED) is 0.745. The molecule has 1 heterocycles. The van der Waals surface area contributed by atoms with Gasteiger partial charge in [-0.25, -0.2) is 8.42 Å². The summed E-state index contributed by atoms with van der Waals surface area (Å²) < 4.78 is 27.8. The van der Waals surface area contributed by atoms with Crippen LogP contribution in [-0.4, -0.2) is 19.4 Å². The molecule has 1 N–H and O–H groups in total. The van der Waals surface area contributed by atoms with Gasteiger partial charge in [-0.3, -0.25) is 9.78 Å². The maximum Gasteiger partial charge on any atom is 1.00 e. The number of amides is 2. The Balaban J connectivity index is 0.00000210. The third-order valence-corrected chi connectivity index (χ3v) is 6.09. The molecule has 4 rings (SSSR count). The summed E-state index contributed by atoms with van der Waals surface area (Å²) in [6.07, 6.45) is 7.51. The van der Waals surface area contributed by atoms with Crippen molar-refractivity contribution in [3.8, 4) is 0 Å². The first kappa shape index (κ1) is 20.9. The van der Waals surface area contributed by atoms with E-state index in [1.807, 2.05) is 0 Å². The van der Waals surface area contributed by atoms with Gasteiger partial charge in [0.05, 0.1) is 11.4 Å². The molecule has 27 heavy (non-hydrogen) atoms. The summed E-state index contributed by atoms with van der Waals surface area (Å²) >= 11 is 0. The number of carbonyl (C=O) groups is 1. The van der Waals surface area contributed by atoms with Crippen LogP contribution in [0.1, 0.15) is 40.8 Å². The zero-order valence-electron chi connectivity index (χ0n) is 15.4. The normalized spacial score (nSPS) is 14.8. The Bertz CT molecular complexity index is 930. The second-order valence-corrected chi connectivity index (χ2v) is 8.44. The number of hydrogen-bond acceptors (Lipinski definition) is 4. The maximum absolute atomic E-state index is 12.3. The number of fused-ring (bicyclic) bond motifs is 2. The van der Waals surface area contributed by atoms with Crippen molar-refractivity contribution in [3.63, 3.8) is 0 Å². The molecule has 1 aromatic carbocycles. The molecule has 2 aliphatic carbocycles. The third kappa shape index (κ3) is 4.80. The number of benzene rings is 1. The molecular formula is C19H20KN3O3S.